The van der Waals surface area contributed by atoms with Crippen LogP contribution in [0.4, 0.5) is 0 Å². The molecule has 1 aromatic rings. The Hall–Kier alpha value is -0.450. The minimum atomic E-state index is -0.291. The third-order valence-electron chi connectivity index (χ3n) is 2.01. The minimum Gasteiger partial charge on any atom is -0.468 e. The van der Waals surface area contributed by atoms with Crippen molar-refractivity contribution >= 4 is 11.8 Å². The van der Waals surface area contributed by atoms with Gasteiger partial charge in [0.1, 0.15) is 5.76 Å². The molecular formula is C10H17NO2S. The lowest BCUT2D eigenvalue weighted by atomic mass is 10.3. The maximum Gasteiger partial charge on any atom is 0.116 e. The van der Waals surface area contributed by atoms with Crippen LogP contribution < -0.4 is 5.73 Å². The van der Waals surface area contributed by atoms with Gasteiger partial charge >= 0.3 is 0 Å². The van der Waals surface area contributed by atoms with Crippen LogP contribution in [-0.2, 0) is 5.75 Å². The first-order chi connectivity index (χ1) is 6.74. The van der Waals surface area contributed by atoms with Crippen molar-refractivity contribution in [3.63, 3.8) is 0 Å². The van der Waals surface area contributed by atoms with Gasteiger partial charge < -0.3 is 15.3 Å². The zero-order chi connectivity index (χ0) is 10.4. The van der Waals surface area contributed by atoms with E-state index in [1.54, 1.807) is 18.0 Å². The molecule has 0 saturated carbocycles. The van der Waals surface area contributed by atoms with Crippen molar-refractivity contribution in [2.75, 3.05) is 12.3 Å². The Balaban J connectivity index is 2.19. The summed E-state index contributed by atoms with van der Waals surface area (Å²) in [6, 6.07) is 1.95. The zero-order valence-corrected chi connectivity index (χ0v) is 9.22. The van der Waals surface area contributed by atoms with Gasteiger partial charge in [-0.15, -0.1) is 0 Å². The van der Waals surface area contributed by atoms with Crippen LogP contribution >= 0.6 is 11.8 Å². The second-order valence-corrected chi connectivity index (χ2v) is 4.30. The number of furan rings is 1. The number of rotatable bonds is 6. The van der Waals surface area contributed by atoms with Crippen molar-refractivity contribution in [2.45, 2.75) is 25.2 Å². The Morgan fingerprint density at radius 1 is 1.64 bits per heavy atom. The summed E-state index contributed by atoms with van der Waals surface area (Å²) in [6.07, 6.45) is 2.08. The van der Waals surface area contributed by atoms with Gasteiger partial charge in [-0.1, -0.05) is 0 Å². The molecule has 3 nitrogen and oxygen atoms in total. The molecule has 80 valence electrons. The Morgan fingerprint density at radius 2 is 2.43 bits per heavy atom. The highest BCUT2D eigenvalue weighted by atomic mass is 32.2. The van der Waals surface area contributed by atoms with Crippen molar-refractivity contribution in [2.24, 2.45) is 5.73 Å². The number of hydrogen-bond donors (Lipinski definition) is 2. The summed E-state index contributed by atoms with van der Waals surface area (Å²) in [6.45, 7) is 2.57. The predicted octanol–water partition coefficient (Wildman–Crippen LogP) is 1.53. The van der Waals surface area contributed by atoms with Crippen molar-refractivity contribution in [3.8, 4) is 0 Å². The van der Waals surface area contributed by atoms with Gasteiger partial charge in [0.15, 0.2) is 0 Å². The molecule has 0 aliphatic carbocycles. The van der Waals surface area contributed by atoms with E-state index in [4.69, 9.17) is 10.2 Å². The minimum absolute atomic E-state index is 0.291. The molecule has 0 aliphatic rings. The van der Waals surface area contributed by atoms with Gasteiger partial charge in [-0.3, -0.25) is 0 Å². The lowest BCUT2D eigenvalue weighted by Gasteiger charge is -2.07. The first kappa shape index (κ1) is 11.6. The molecular weight excluding hydrogens is 198 g/mol. The van der Waals surface area contributed by atoms with E-state index in [1.165, 1.54) is 5.56 Å². The van der Waals surface area contributed by atoms with Crippen LogP contribution in [0.5, 0.6) is 0 Å². The van der Waals surface area contributed by atoms with E-state index in [9.17, 15) is 5.11 Å². The molecule has 14 heavy (non-hydrogen) atoms. The molecule has 0 amide bonds. The number of aliphatic hydroxyl groups is 1. The van der Waals surface area contributed by atoms with Crippen molar-refractivity contribution < 1.29 is 9.52 Å². The molecule has 0 aromatic carbocycles. The normalized spacial score (nSPS) is 13.1. The van der Waals surface area contributed by atoms with E-state index in [2.05, 4.69) is 0 Å². The molecule has 3 N–H and O–H groups in total. The number of thioether (sulfide) groups is 1. The molecule has 0 fully saturated rings. The monoisotopic (exact) mass is 215 g/mol. The first-order valence-electron chi connectivity index (χ1n) is 4.73. The summed E-state index contributed by atoms with van der Waals surface area (Å²) in [5.41, 5.74) is 6.50. The number of hydrogen-bond acceptors (Lipinski definition) is 4. The molecule has 4 heteroatoms. The molecule has 1 rings (SSSR count). The van der Waals surface area contributed by atoms with E-state index in [-0.39, 0.29) is 6.10 Å². The first-order valence-corrected chi connectivity index (χ1v) is 5.88. The summed E-state index contributed by atoms with van der Waals surface area (Å²) in [4.78, 5) is 0. The number of aryl methyl sites for hydroxylation is 1. The Morgan fingerprint density at radius 3 is 3.00 bits per heavy atom. The SMILES string of the molecule is Cc1ccoc1CSCC(O)CCN. The molecule has 1 unspecified atom stereocenters. The summed E-state index contributed by atoms with van der Waals surface area (Å²) in [5.74, 6) is 2.53. The lowest BCUT2D eigenvalue weighted by molar-refractivity contribution is 0.192. The van der Waals surface area contributed by atoms with E-state index in [1.807, 2.05) is 13.0 Å². The zero-order valence-electron chi connectivity index (χ0n) is 8.40. The van der Waals surface area contributed by atoms with Crippen LogP contribution in [0.25, 0.3) is 0 Å². The highest BCUT2D eigenvalue weighted by Gasteiger charge is 2.05. The maximum absolute atomic E-state index is 9.42. The highest BCUT2D eigenvalue weighted by molar-refractivity contribution is 7.98. The average Bonchev–Trinajstić information content (AvgIpc) is 2.52. The second kappa shape index (κ2) is 6.11. The topological polar surface area (TPSA) is 59.4 Å². The highest BCUT2D eigenvalue weighted by Crippen LogP contribution is 2.17. The number of nitrogens with two attached hydrogens (primary N) is 1. The third kappa shape index (κ3) is 3.74. The molecule has 1 aromatic heterocycles. The Labute approximate surface area is 88.7 Å². The van der Waals surface area contributed by atoms with Crippen LogP contribution in [0.1, 0.15) is 17.7 Å². The van der Waals surface area contributed by atoms with Gasteiger partial charge in [0.25, 0.3) is 0 Å². The Bertz CT molecular complexity index is 262. The van der Waals surface area contributed by atoms with Gasteiger partial charge in [0, 0.05) is 5.75 Å². The van der Waals surface area contributed by atoms with E-state index in [0.717, 1.165) is 17.3 Å². The van der Waals surface area contributed by atoms with Crippen LogP contribution in [0, 0.1) is 6.92 Å². The fraction of sp³-hybridized carbons (Fsp3) is 0.600. The standard InChI is InChI=1S/C10H17NO2S/c1-8-3-5-13-10(8)7-14-6-9(12)2-4-11/h3,5,9,12H,2,4,6-7,11H2,1H3. The largest absolute Gasteiger partial charge is 0.468 e. The fourth-order valence-electron chi connectivity index (χ4n) is 1.12. The molecule has 0 saturated heterocycles. The van der Waals surface area contributed by atoms with Gasteiger partial charge in [-0.25, -0.2) is 0 Å². The van der Waals surface area contributed by atoms with Gasteiger partial charge in [-0.2, -0.15) is 11.8 Å². The predicted molar refractivity (Wildman–Crippen MR) is 59.3 cm³/mol. The summed E-state index contributed by atoms with van der Waals surface area (Å²) in [5, 5.41) is 9.42. The molecule has 0 radical (unpaired) electrons. The lowest BCUT2D eigenvalue weighted by Crippen LogP contribution is -2.15. The van der Waals surface area contributed by atoms with E-state index >= 15 is 0 Å². The van der Waals surface area contributed by atoms with E-state index < -0.39 is 0 Å². The third-order valence-corrected chi connectivity index (χ3v) is 3.10. The van der Waals surface area contributed by atoms with E-state index in [0.29, 0.717) is 13.0 Å². The smallest absolute Gasteiger partial charge is 0.116 e. The number of aliphatic hydroxyl groups excluding tert-OH is 1. The van der Waals surface area contributed by atoms with Gasteiger partial charge in [0.2, 0.25) is 0 Å². The molecule has 0 bridgehead atoms. The van der Waals surface area contributed by atoms with Crippen molar-refractivity contribution in [3.05, 3.63) is 23.7 Å². The molecule has 0 spiro atoms. The van der Waals surface area contributed by atoms with Gasteiger partial charge in [-0.05, 0) is 31.5 Å². The fourth-order valence-corrected chi connectivity index (χ4v) is 2.15. The van der Waals surface area contributed by atoms with Crippen LogP contribution in [-0.4, -0.2) is 23.5 Å². The van der Waals surface area contributed by atoms with Crippen LogP contribution in [0.3, 0.4) is 0 Å². The van der Waals surface area contributed by atoms with Crippen LogP contribution in [0.15, 0.2) is 16.7 Å². The summed E-state index contributed by atoms with van der Waals surface area (Å²) in [7, 11) is 0. The quantitative estimate of drug-likeness (QED) is 0.755. The molecule has 1 heterocycles. The van der Waals surface area contributed by atoms with Crippen LogP contribution in [0.2, 0.25) is 0 Å². The molecule has 0 aliphatic heterocycles. The van der Waals surface area contributed by atoms with Crippen molar-refractivity contribution in [1.82, 2.24) is 0 Å². The second-order valence-electron chi connectivity index (χ2n) is 3.27. The maximum atomic E-state index is 9.42. The summed E-state index contributed by atoms with van der Waals surface area (Å²) < 4.78 is 5.28. The summed E-state index contributed by atoms with van der Waals surface area (Å²) >= 11 is 1.67. The average molecular weight is 215 g/mol. The Kier molecular flexibility index (Phi) is 5.07. The van der Waals surface area contributed by atoms with Gasteiger partial charge in [0.05, 0.1) is 18.1 Å². The van der Waals surface area contributed by atoms with Crippen molar-refractivity contribution in [1.29, 1.82) is 0 Å². The molecule has 1 atom stereocenters.